The van der Waals surface area contributed by atoms with Crippen LogP contribution >= 0.6 is 0 Å². The summed E-state index contributed by atoms with van der Waals surface area (Å²) >= 11 is 0. The van der Waals surface area contributed by atoms with Crippen molar-refractivity contribution in [3.8, 4) is 17.2 Å². The van der Waals surface area contributed by atoms with Crippen molar-refractivity contribution in [1.82, 2.24) is 9.55 Å². The molecule has 0 aliphatic carbocycles. The Morgan fingerprint density at radius 3 is 2.63 bits per heavy atom. The number of nitrogens with zero attached hydrogens (tertiary/aromatic N) is 2. The van der Waals surface area contributed by atoms with Gasteiger partial charge >= 0.3 is 0 Å². The van der Waals surface area contributed by atoms with E-state index in [0.717, 1.165) is 0 Å². The summed E-state index contributed by atoms with van der Waals surface area (Å²) < 4.78 is 11.8. The molecular weight excluding hydrogens is 350 g/mol. The highest BCUT2D eigenvalue weighted by molar-refractivity contribution is 5.90. The predicted molar refractivity (Wildman–Crippen MR) is 100 cm³/mol. The van der Waals surface area contributed by atoms with Crippen LogP contribution in [0.1, 0.15) is 6.42 Å². The fourth-order valence-electron chi connectivity index (χ4n) is 2.67. The first kappa shape index (κ1) is 18.2. The van der Waals surface area contributed by atoms with Crippen LogP contribution in [0.25, 0.3) is 10.9 Å². The number of ether oxygens (including phenoxy) is 2. The van der Waals surface area contributed by atoms with Crippen LogP contribution in [0.3, 0.4) is 0 Å². The minimum absolute atomic E-state index is 0.0622. The van der Waals surface area contributed by atoms with Gasteiger partial charge in [-0.15, -0.1) is 0 Å². The maximum atomic E-state index is 12.7. The number of hydrogen-bond acceptors (Lipinski definition) is 6. The van der Waals surface area contributed by atoms with Crippen LogP contribution in [-0.4, -0.2) is 34.8 Å². The lowest BCUT2D eigenvalue weighted by atomic mass is 10.2. The lowest BCUT2D eigenvalue weighted by Gasteiger charge is -2.11. The third-order valence-electron chi connectivity index (χ3n) is 4.04. The number of fused-ring (bicyclic) bond motifs is 1. The zero-order chi connectivity index (χ0) is 19.4. The number of carbonyl (C=O) groups is 1. The summed E-state index contributed by atoms with van der Waals surface area (Å²) in [6, 6.07) is 9.47. The number of aromatic hydroxyl groups is 1. The third kappa shape index (κ3) is 4.00. The Balaban J connectivity index is 1.78. The highest BCUT2D eigenvalue weighted by Crippen LogP contribution is 2.29. The smallest absolute Gasteiger partial charge is 0.261 e. The minimum Gasteiger partial charge on any atom is -0.508 e. The highest BCUT2D eigenvalue weighted by atomic mass is 16.5. The summed E-state index contributed by atoms with van der Waals surface area (Å²) in [7, 11) is 3.00. The Labute approximate surface area is 155 Å². The molecule has 1 heterocycles. The first-order valence-corrected chi connectivity index (χ1v) is 8.22. The molecular formula is C19H19N3O5. The second-order valence-electron chi connectivity index (χ2n) is 5.82. The van der Waals surface area contributed by atoms with Gasteiger partial charge in [0.1, 0.15) is 5.75 Å². The van der Waals surface area contributed by atoms with Crippen LogP contribution in [0.4, 0.5) is 5.69 Å². The van der Waals surface area contributed by atoms with Crippen LogP contribution in [0.5, 0.6) is 17.2 Å². The maximum Gasteiger partial charge on any atom is 0.261 e. The Morgan fingerprint density at radius 2 is 1.93 bits per heavy atom. The summed E-state index contributed by atoms with van der Waals surface area (Å²) in [4.78, 5) is 29.0. The highest BCUT2D eigenvalue weighted by Gasteiger charge is 2.12. The number of phenolic OH excluding ortho intramolecular Hbond substituents is 1. The van der Waals surface area contributed by atoms with E-state index in [2.05, 4.69) is 10.3 Å². The zero-order valence-electron chi connectivity index (χ0n) is 14.9. The fourth-order valence-corrected chi connectivity index (χ4v) is 2.67. The van der Waals surface area contributed by atoms with E-state index in [1.54, 1.807) is 24.3 Å². The van der Waals surface area contributed by atoms with Crippen molar-refractivity contribution in [2.45, 2.75) is 13.0 Å². The number of carbonyl (C=O) groups excluding carboxylic acids is 1. The van der Waals surface area contributed by atoms with Gasteiger partial charge in [-0.05, 0) is 18.2 Å². The van der Waals surface area contributed by atoms with Gasteiger partial charge in [0.25, 0.3) is 5.56 Å². The van der Waals surface area contributed by atoms with Gasteiger partial charge < -0.3 is 19.9 Å². The van der Waals surface area contributed by atoms with Crippen molar-refractivity contribution in [2.24, 2.45) is 0 Å². The topological polar surface area (TPSA) is 103 Å². The van der Waals surface area contributed by atoms with Gasteiger partial charge in [0.2, 0.25) is 5.91 Å². The Morgan fingerprint density at radius 1 is 1.19 bits per heavy atom. The molecule has 8 nitrogen and oxygen atoms in total. The molecule has 140 valence electrons. The minimum atomic E-state index is -0.278. The van der Waals surface area contributed by atoms with Gasteiger partial charge in [0, 0.05) is 30.8 Å². The van der Waals surface area contributed by atoms with E-state index in [1.165, 1.54) is 37.2 Å². The lowest BCUT2D eigenvalue weighted by Crippen LogP contribution is -2.23. The van der Waals surface area contributed by atoms with Gasteiger partial charge in [-0.3, -0.25) is 14.2 Å². The number of amides is 1. The number of aryl methyl sites for hydroxylation is 1. The molecule has 0 aliphatic heterocycles. The number of hydrogen-bond donors (Lipinski definition) is 2. The number of methoxy groups -OCH3 is 2. The molecule has 1 aromatic heterocycles. The van der Waals surface area contributed by atoms with Crippen molar-refractivity contribution in [3.05, 3.63) is 53.1 Å². The molecule has 3 rings (SSSR count). The second kappa shape index (κ2) is 7.77. The van der Waals surface area contributed by atoms with E-state index < -0.39 is 0 Å². The first-order valence-electron chi connectivity index (χ1n) is 8.22. The van der Waals surface area contributed by atoms with Crippen LogP contribution in [0.15, 0.2) is 47.5 Å². The molecule has 0 spiro atoms. The summed E-state index contributed by atoms with van der Waals surface area (Å²) in [5.41, 5.74) is 0.699. The van der Waals surface area contributed by atoms with E-state index in [-0.39, 0.29) is 30.2 Å². The van der Waals surface area contributed by atoms with Crippen molar-refractivity contribution < 1.29 is 19.4 Å². The Kier molecular flexibility index (Phi) is 5.25. The zero-order valence-corrected chi connectivity index (χ0v) is 14.9. The molecule has 0 unspecified atom stereocenters. The van der Waals surface area contributed by atoms with E-state index in [1.807, 2.05) is 0 Å². The molecule has 2 N–H and O–H groups in total. The summed E-state index contributed by atoms with van der Waals surface area (Å²) in [6.45, 7) is 0.167. The lowest BCUT2D eigenvalue weighted by molar-refractivity contribution is -0.116. The number of rotatable bonds is 6. The van der Waals surface area contributed by atoms with Gasteiger partial charge in [-0.1, -0.05) is 6.07 Å². The molecule has 2 aromatic carbocycles. The predicted octanol–water partition coefficient (Wildman–Crippen LogP) is 2.15. The average Bonchev–Trinajstić information content (AvgIpc) is 2.66. The van der Waals surface area contributed by atoms with E-state index in [4.69, 9.17) is 9.47 Å². The molecule has 1 amide bonds. The fraction of sp³-hybridized carbons (Fsp3) is 0.211. The van der Waals surface area contributed by atoms with Crippen LogP contribution in [0, 0.1) is 0 Å². The molecule has 27 heavy (non-hydrogen) atoms. The van der Waals surface area contributed by atoms with Crippen molar-refractivity contribution in [1.29, 1.82) is 0 Å². The van der Waals surface area contributed by atoms with Gasteiger partial charge in [0.15, 0.2) is 11.5 Å². The molecule has 0 saturated heterocycles. The maximum absolute atomic E-state index is 12.7. The number of nitrogens with one attached hydrogen (secondary N) is 1. The molecule has 3 aromatic rings. The molecule has 0 bridgehead atoms. The van der Waals surface area contributed by atoms with E-state index in [0.29, 0.717) is 28.1 Å². The summed E-state index contributed by atoms with van der Waals surface area (Å²) in [5, 5.41) is 12.5. The Hall–Kier alpha value is -3.55. The Bertz CT molecular complexity index is 1050. The second-order valence-corrected chi connectivity index (χ2v) is 5.82. The standard InChI is InChI=1S/C19H19N3O5/c1-26-16-9-14-15(10-17(16)27-2)20-11-22(19(14)25)7-6-18(24)21-12-4-3-5-13(23)8-12/h3-5,8-11,23H,6-7H2,1-2H3,(H,21,24). The largest absolute Gasteiger partial charge is 0.508 e. The monoisotopic (exact) mass is 369 g/mol. The van der Waals surface area contributed by atoms with Crippen LogP contribution in [-0.2, 0) is 11.3 Å². The van der Waals surface area contributed by atoms with Gasteiger partial charge in [-0.25, -0.2) is 4.98 Å². The molecule has 0 saturated carbocycles. The molecule has 0 atom stereocenters. The quantitative estimate of drug-likeness (QED) is 0.690. The van der Waals surface area contributed by atoms with E-state index in [9.17, 15) is 14.7 Å². The SMILES string of the molecule is COc1cc2ncn(CCC(=O)Nc3cccc(O)c3)c(=O)c2cc1OC. The summed E-state index contributed by atoms with van der Waals surface area (Å²) in [5.74, 6) is 0.704. The van der Waals surface area contributed by atoms with Crippen LogP contribution in [0.2, 0.25) is 0 Å². The number of benzene rings is 2. The van der Waals surface area contributed by atoms with Crippen molar-refractivity contribution >= 4 is 22.5 Å². The van der Waals surface area contributed by atoms with Crippen molar-refractivity contribution in [3.63, 3.8) is 0 Å². The van der Waals surface area contributed by atoms with E-state index >= 15 is 0 Å². The molecule has 8 heteroatoms. The number of anilines is 1. The average molecular weight is 369 g/mol. The molecule has 0 aliphatic rings. The van der Waals surface area contributed by atoms with Crippen molar-refractivity contribution in [2.75, 3.05) is 19.5 Å². The van der Waals surface area contributed by atoms with Crippen LogP contribution < -0.4 is 20.3 Å². The molecule has 0 fully saturated rings. The first-order chi connectivity index (χ1) is 13.0. The van der Waals surface area contributed by atoms with Gasteiger partial charge in [-0.2, -0.15) is 0 Å². The molecule has 0 radical (unpaired) electrons. The number of aromatic nitrogens is 2. The normalized spacial score (nSPS) is 10.6. The third-order valence-corrected chi connectivity index (χ3v) is 4.04. The summed E-state index contributed by atoms with van der Waals surface area (Å²) in [6.07, 6.45) is 1.48. The van der Waals surface area contributed by atoms with Gasteiger partial charge in [0.05, 0.1) is 31.4 Å². The number of phenols is 1.